The van der Waals surface area contributed by atoms with Gasteiger partial charge in [0.25, 0.3) is 0 Å². The Morgan fingerprint density at radius 2 is 2.10 bits per heavy atom. The molecule has 108 valence electrons. The normalized spacial score (nSPS) is 12.3. The van der Waals surface area contributed by atoms with Gasteiger partial charge in [0.1, 0.15) is 5.75 Å². The predicted octanol–water partition coefficient (Wildman–Crippen LogP) is 5.00. The summed E-state index contributed by atoms with van der Waals surface area (Å²) in [6, 6.07) is 8.75. The van der Waals surface area contributed by atoms with Crippen LogP contribution in [0.2, 0.25) is 0 Å². The van der Waals surface area contributed by atoms with Crippen molar-refractivity contribution in [1.29, 1.82) is 0 Å². The van der Waals surface area contributed by atoms with Gasteiger partial charge in [0.15, 0.2) is 0 Å². The lowest BCUT2D eigenvalue weighted by Gasteiger charge is -2.19. The average Bonchev–Trinajstić information content (AvgIpc) is 2.96. The third-order valence-electron chi connectivity index (χ3n) is 3.06. The average molecular weight is 354 g/mol. The maximum atomic E-state index is 5.58. The molecule has 1 atom stereocenters. The fourth-order valence-electron chi connectivity index (χ4n) is 2.13. The van der Waals surface area contributed by atoms with Crippen molar-refractivity contribution in [2.24, 2.45) is 0 Å². The molecule has 0 aliphatic carbocycles. The molecular formula is C16H20BrNOS. The Labute approximate surface area is 133 Å². The van der Waals surface area contributed by atoms with E-state index in [1.54, 1.807) is 11.3 Å². The molecule has 0 radical (unpaired) electrons. The molecule has 0 saturated carbocycles. The van der Waals surface area contributed by atoms with E-state index in [2.05, 4.69) is 57.1 Å². The highest BCUT2D eigenvalue weighted by molar-refractivity contribution is 9.10. The Balaban J connectivity index is 2.26. The fraction of sp³-hybridized carbons (Fsp3) is 0.375. The zero-order chi connectivity index (χ0) is 14.4. The first kappa shape index (κ1) is 15.5. The second-order valence-corrected chi connectivity index (χ2v) is 6.20. The van der Waals surface area contributed by atoms with Crippen LogP contribution in [0.4, 0.5) is 0 Å². The van der Waals surface area contributed by atoms with Crippen molar-refractivity contribution >= 4 is 27.3 Å². The van der Waals surface area contributed by atoms with Gasteiger partial charge in [0, 0.05) is 0 Å². The Hall–Kier alpha value is -0.840. The second-order valence-electron chi connectivity index (χ2n) is 4.57. The van der Waals surface area contributed by atoms with Gasteiger partial charge in [-0.15, -0.1) is 0 Å². The summed E-state index contributed by atoms with van der Waals surface area (Å²) in [5, 5.41) is 7.94. The topological polar surface area (TPSA) is 21.3 Å². The molecule has 1 aromatic heterocycles. The molecule has 20 heavy (non-hydrogen) atoms. The molecule has 2 rings (SSSR count). The zero-order valence-electron chi connectivity index (χ0n) is 11.9. The van der Waals surface area contributed by atoms with E-state index in [1.165, 1.54) is 11.1 Å². The van der Waals surface area contributed by atoms with Crippen molar-refractivity contribution in [2.75, 3.05) is 13.2 Å². The Morgan fingerprint density at radius 1 is 1.25 bits per heavy atom. The smallest absolute Gasteiger partial charge is 0.133 e. The predicted molar refractivity (Wildman–Crippen MR) is 89.8 cm³/mol. The molecule has 2 nitrogen and oxygen atoms in total. The third kappa shape index (κ3) is 3.84. The van der Waals surface area contributed by atoms with Gasteiger partial charge in [-0.2, -0.15) is 11.3 Å². The number of rotatable bonds is 7. The molecule has 2 aromatic rings. The lowest BCUT2D eigenvalue weighted by atomic mass is 10.0. The third-order valence-corrected chi connectivity index (χ3v) is 4.39. The summed E-state index contributed by atoms with van der Waals surface area (Å²) in [4.78, 5) is 0. The van der Waals surface area contributed by atoms with Gasteiger partial charge >= 0.3 is 0 Å². The van der Waals surface area contributed by atoms with Crippen molar-refractivity contribution in [1.82, 2.24) is 5.32 Å². The summed E-state index contributed by atoms with van der Waals surface area (Å²) in [7, 11) is 0. The highest BCUT2D eigenvalue weighted by Crippen LogP contribution is 2.31. The van der Waals surface area contributed by atoms with Crippen molar-refractivity contribution in [2.45, 2.75) is 26.3 Å². The first-order chi connectivity index (χ1) is 9.76. The number of hydrogen-bond acceptors (Lipinski definition) is 3. The van der Waals surface area contributed by atoms with Crippen molar-refractivity contribution in [3.05, 3.63) is 50.6 Å². The molecule has 0 aliphatic rings. The summed E-state index contributed by atoms with van der Waals surface area (Å²) in [5.74, 6) is 0.899. The maximum Gasteiger partial charge on any atom is 0.133 e. The van der Waals surface area contributed by atoms with Crippen LogP contribution in [-0.2, 0) is 0 Å². The van der Waals surface area contributed by atoms with Gasteiger partial charge in [-0.1, -0.05) is 13.0 Å². The zero-order valence-corrected chi connectivity index (χ0v) is 14.3. The van der Waals surface area contributed by atoms with Gasteiger partial charge in [-0.05, 0) is 75.9 Å². The van der Waals surface area contributed by atoms with E-state index in [0.29, 0.717) is 6.61 Å². The summed E-state index contributed by atoms with van der Waals surface area (Å²) >= 11 is 5.33. The number of halogens is 1. The quantitative estimate of drug-likeness (QED) is 0.756. The van der Waals surface area contributed by atoms with Crippen LogP contribution < -0.4 is 10.1 Å². The molecule has 0 bridgehead atoms. The highest BCUT2D eigenvalue weighted by Gasteiger charge is 2.15. The number of ether oxygens (including phenoxy) is 1. The van der Waals surface area contributed by atoms with Crippen molar-refractivity contribution in [3.8, 4) is 5.75 Å². The van der Waals surface area contributed by atoms with Crippen LogP contribution in [0.3, 0.4) is 0 Å². The van der Waals surface area contributed by atoms with E-state index < -0.39 is 0 Å². The first-order valence-corrected chi connectivity index (χ1v) is 8.67. The molecule has 1 N–H and O–H groups in total. The minimum Gasteiger partial charge on any atom is -0.493 e. The van der Waals surface area contributed by atoms with Gasteiger partial charge in [-0.25, -0.2) is 0 Å². The van der Waals surface area contributed by atoms with E-state index in [4.69, 9.17) is 4.74 Å². The van der Waals surface area contributed by atoms with Gasteiger partial charge in [-0.3, -0.25) is 0 Å². The second kappa shape index (κ2) is 7.81. The summed E-state index contributed by atoms with van der Waals surface area (Å²) in [5.41, 5.74) is 2.58. The van der Waals surface area contributed by atoms with Crippen LogP contribution in [0.1, 0.15) is 37.4 Å². The Kier molecular flexibility index (Phi) is 6.07. The summed E-state index contributed by atoms with van der Waals surface area (Å²) in [6.07, 6.45) is 1.12. The van der Waals surface area contributed by atoms with Gasteiger partial charge in [0.05, 0.1) is 17.1 Å². The van der Waals surface area contributed by atoms with Crippen LogP contribution >= 0.6 is 27.3 Å². The Bertz CT molecular complexity index is 527. The van der Waals surface area contributed by atoms with Gasteiger partial charge < -0.3 is 10.1 Å². The molecule has 1 aromatic carbocycles. The molecule has 0 aliphatic heterocycles. The van der Waals surface area contributed by atoms with Crippen LogP contribution in [-0.4, -0.2) is 13.2 Å². The monoisotopic (exact) mass is 353 g/mol. The largest absolute Gasteiger partial charge is 0.493 e. The first-order valence-electron chi connectivity index (χ1n) is 6.94. The molecule has 0 amide bonds. The number of nitrogens with one attached hydrogen (secondary N) is 1. The highest BCUT2D eigenvalue weighted by atomic mass is 79.9. The molecule has 0 spiro atoms. The van der Waals surface area contributed by atoms with Crippen LogP contribution in [0.5, 0.6) is 5.75 Å². The molecule has 0 saturated heterocycles. The standard InChI is InChI=1S/C16H20BrNOS/c1-3-8-18-16(13-7-9-20-11-13)12-5-6-15(19-4-2)14(17)10-12/h5-7,9-11,16,18H,3-4,8H2,1-2H3. The van der Waals surface area contributed by atoms with E-state index in [0.717, 1.165) is 23.2 Å². The van der Waals surface area contributed by atoms with Crippen molar-refractivity contribution in [3.63, 3.8) is 0 Å². The summed E-state index contributed by atoms with van der Waals surface area (Å²) in [6.45, 7) is 5.87. The minimum absolute atomic E-state index is 0.244. The van der Waals surface area contributed by atoms with E-state index in [9.17, 15) is 0 Å². The van der Waals surface area contributed by atoms with Crippen LogP contribution in [0.15, 0.2) is 39.5 Å². The lowest BCUT2D eigenvalue weighted by molar-refractivity contribution is 0.338. The lowest BCUT2D eigenvalue weighted by Crippen LogP contribution is -2.22. The number of hydrogen-bond donors (Lipinski definition) is 1. The molecule has 1 unspecified atom stereocenters. The molecule has 0 fully saturated rings. The van der Waals surface area contributed by atoms with Crippen LogP contribution in [0, 0.1) is 0 Å². The minimum atomic E-state index is 0.244. The SMILES string of the molecule is CCCNC(c1ccsc1)c1ccc(OCC)c(Br)c1. The van der Waals surface area contributed by atoms with E-state index >= 15 is 0 Å². The number of benzene rings is 1. The van der Waals surface area contributed by atoms with Crippen LogP contribution in [0.25, 0.3) is 0 Å². The molecular weight excluding hydrogens is 334 g/mol. The Morgan fingerprint density at radius 3 is 2.70 bits per heavy atom. The molecule has 1 heterocycles. The van der Waals surface area contributed by atoms with E-state index in [-0.39, 0.29) is 6.04 Å². The van der Waals surface area contributed by atoms with Crippen molar-refractivity contribution < 1.29 is 4.74 Å². The van der Waals surface area contributed by atoms with E-state index in [1.807, 2.05) is 13.0 Å². The summed E-state index contributed by atoms with van der Waals surface area (Å²) < 4.78 is 6.59. The molecule has 4 heteroatoms. The fourth-order valence-corrected chi connectivity index (χ4v) is 3.32. The number of thiophene rings is 1. The van der Waals surface area contributed by atoms with Gasteiger partial charge in [0.2, 0.25) is 0 Å². The maximum absolute atomic E-state index is 5.58.